The zero-order valence-electron chi connectivity index (χ0n) is 13.8. The molecular weight excluding hydrogens is 308 g/mol. The first kappa shape index (κ1) is 16.2. The lowest BCUT2D eigenvalue weighted by atomic mass is 9.86. The van der Waals surface area contributed by atoms with Gasteiger partial charge >= 0.3 is 0 Å². The first-order chi connectivity index (χ1) is 11.2. The number of carbonyl (C=O) groups is 1. The first-order valence-electron chi connectivity index (χ1n) is 8.44. The Morgan fingerprint density at radius 1 is 1.35 bits per heavy atom. The van der Waals surface area contributed by atoms with Crippen LogP contribution in [-0.4, -0.2) is 28.5 Å². The van der Waals surface area contributed by atoms with Crippen LogP contribution in [0.15, 0.2) is 12.4 Å². The molecule has 1 fully saturated rings. The summed E-state index contributed by atoms with van der Waals surface area (Å²) in [5, 5.41) is 7.34. The van der Waals surface area contributed by atoms with E-state index >= 15 is 0 Å². The van der Waals surface area contributed by atoms with E-state index in [1.807, 2.05) is 0 Å². The Labute approximate surface area is 140 Å². The van der Waals surface area contributed by atoms with Crippen molar-refractivity contribution in [2.45, 2.75) is 52.0 Å². The molecule has 1 amide bonds. The second-order valence-electron chi connectivity index (χ2n) is 6.30. The van der Waals surface area contributed by atoms with Crippen molar-refractivity contribution in [3.63, 3.8) is 0 Å². The average molecular weight is 332 g/mol. The van der Waals surface area contributed by atoms with Crippen LogP contribution in [0.2, 0.25) is 0 Å². The molecule has 1 aliphatic rings. The Balaban J connectivity index is 1.61. The van der Waals surface area contributed by atoms with Crippen molar-refractivity contribution in [3.05, 3.63) is 17.3 Å². The number of hydrogen-bond acceptors (Lipinski definition) is 5. The molecule has 5 nitrogen and oxygen atoms in total. The summed E-state index contributed by atoms with van der Waals surface area (Å²) in [6, 6.07) is 2.43. The van der Waals surface area contributed by atoms with Gasteiger partial charge in [-0.05, 0) is 31.2 Å². The minimum Gasteiger partial charge on any atom is -0.360 e. The van der Waals surface area contributed by atoms with Crippen LogP contribution in [-0.2, 0) is 11.2 Å². The molecule has 3 rings (SSSR count). The van der Waals surface area contributed by atoms with Crippen LogP contribution in [0.1, 0.15) is 44.4 Å². The number of nitrogens with zero attached hydrogens (tertiary/aromatic N) is 2. The van der Waals surface area contributed by atoms with Gasteiger partial charge in [-0.2, -0.15) is 0 Å². The predicted octanol–water partition coefficient (Wildman–Crippen LogP) is 3.36. The summed E-state index contributed by atoms with van der Waals surface area (Å²) in [6.07, 6.45) is 7.34. The predicted molar refractivity (Wildman–Crippen MR) is 94.8 cm³/mol. The number of carbonyl (C=O) groups excluding carboxylic acids is 1. The number of nitrogens with one attached hydrogen (secondary N) is 2. The number of thiophene rings is 1. The second-order valence-corrected chi connectivity index (χ2v) is 7.41. The Bertz CT molecular complexity index is 684. The van der Waals surface area contributed by atoms with E-state index in [1.54, 1.807) is 17.7 Å². The summed E-state index contributed by atoms with van der Waals surface area (Å²) in [6.45, 7) is 4.61. The van der Waals surface area contributed by atoms with E-state index in [-0.39, 0.29) is 12.5 Å². The lowest BCUT2D eigenvalue weighted by molar-refractivity contribution is -0.120. The number of amides is 1. The number of rotatable bonds is 5. The van der Waals surface area contributed by atoms with Gasteiger partial charge in [0.1, 0.15) is 17.0 Å². The van der Waals surface area contributed by atoms with Crippen molar-refractivity contribution in [2.24, 2.45) is 5.92 Å². The van der Waals surface area contributed by atoms with E-state index < -0.39 is 0 Å². The average Bonchev–Trinajstić information content (AvgIpc) is 2.99. The lowest BCUT2D eigenvalue weighted by Crippen LogP contribution is -2.43. The van der Waals surface area contributed by atoms with Gasteiger partial charge in [-0.15, -0.1) is 11.3 Å². The van der Waals surface area contributed by atoms with Crippen LogP contribution in [0, 0.1) is 5.92 Å². The summed E-state index contributed by atoms with van der Waals surface area (Å²) in [5.41, 5.74) is 0. The fourth-order valence-electron chi connectivity index (χ4n) is 3.17. The van der Waals surface area contributed by atoms with E-state index in [0.717, 1.165) is 28.9 Å². The van der Waals surface area contributed by atoms with Crippen molar-refractivity contribution in [1.82, 2.24) is 15.3 Å². The third-order valence-corrected chi connectivity index (χ3v) is 5.79. The standard InChI is InChI=1S/C17H24N4OS/c1-3-12-8-13-16(19-10-20-17(13)23-12)18-9-15(22)21-14-7-5-4-6-11(14)2/h8,10-11,14H,3-7,9H2,1-2H3,(H,21,22)(H,18,19,20). The Morgan fingerprint density at radius 2 is 2.17 bits per heavy atom. The smallest absolute Gasteiger partial charge is 0.239 e. The van der Waals surface area contributed by atoms with Crippen molar-refractivity contribution in [1.29, 1.82) is 0 Å². The number of fused-ring (bicyclic) bond motifs is 1. The maximum atomic E-state index is 12.2. The molecule has 0 aromatic carbocycles. The van der Waals surface area contributed by atoms with Gasteiger partial charge in [-0.25, -0.2) is 9.97 Å². The molecule has 6 heteroatoms. The minimum atomic E-state index is 0.0430. The number of aryl methyl sites for hydroxylation is 1. The summed E-state index contributed by atoms with van der Waals surface area (Å²) in [5.74, 6) is 1.36. The fourth-order valence-corrected chi connectivity index (χ4v) is 4.11. The highest BCUT2D eigenvalue weighted by Crippen LogP contribution is 2.28. The van der Waals surface area contributed by atoms with E-state index in [9.17, 15) is 4.79 Å². The molecule has 124 valence electrons. The van der Waals surface area contributed by atoms with Gasteiger partial charge in [-0.3, -0.25) is 4.79 Å². The SMILES string of the molecule is CCc1cc2c(NCC(=O)NC3CCCCC3C)ncnc2s1. The highest BCUT2D eigenvalue weighted by atomic mass is 32.1. The van der Waals surface area contributed by atoms with Gasteiger partial charge in [0.2, 0.25) is 5.91 Å². The highest BCUT2D eigenvalue weighted by Gasteiger charge is 2.22. The highest BCUT2D eigenvalue weighted by molar-refractivity contribution is 7.18. The summed E-state index contributed by atoms with van der Waals surface area (Å²) in [4.78, 5) is 23.1. The zero-order valence-corrected chi connectivity index (χ0v) is 14.6. The Morgan fingerprint density at radius 3 is 2.96 bits per heavy atom. The molecule has 2 aromatic rings. The molecule has 23 heavy (non-hydrogen) atoms. The van der Waals surface area contributed by atoms with Crippen molar-refractivity contribution in [2.75, 3.05) is 11.9 Å². The van der Waals surface area contributed by atoms with Gasteiger partial charge in [0.25, 0.3) is 0 Å². The zero-order chi connectivity index (χ0) is 16.2. The number of anilines is 1. The van der Waals surface area contributed by atoms with Crippen LogP contribution in [0.3, 0.4) is 0 Å². The van der Waals surface area contributed by atoms with E-state index in [2.05, 4.69) is 40.5 Å². The minimum absolute atomic E-state index is 0.0430. The molecule has 1 saturated carbocycles. The van der Waals surface area contributed by atoms with Gasteiger partial charge < -0.3 is 10.6 Å². The van der Waals surface area contributed by atoms with E-state index in [4.69, 9.17) is 0 Å². The maximum absolute atomic E-state index is 12.2. The first-order valence-corrected chi connectivity index (χ1v) is 9.25. The molecule has 0 saturated heterocycles. The summed E-state index contributed by atoms with van der Waals surface area (Å²) < 4.78 is 0. The fraction of sp³-hybridized carbons (Fsp3) is 0.588. The molecular formula is C17H24N4OS. The Hall–Kier alpha value is -1.69. The maximum Gasteiger partial charge on any atom is 0.239 e. The third kappa shape index (κ3) is 3.80. The van der Waals surface area contributed by atoms with Crippen LogP contribution >= 0.6 is 11.3 Å². The third-order valence-electron chi connectivity index (χ3n) is 4.60. The van der Waals surface area contributed by atoms with Crippen molar-refractivity contribution >= 4 is 33.3 Å². The van der Waals surface area contributed by atoms with Crippen LogP contribution in [0.4, 0.5) is 5.82 Å². The molecule has 0 spiro atoms. The monoisotopic (exact) mass is 332 g/mol. The van der Waals surface area contributed by atoms with Gasteiger partial charge in [0.05, 0.1) is 11.9 Å². The van der Waals surface area contributed by atoms with Crippen molar-refractivity contribution in [3.8, 4) is 0 Å². The second kappa shape index (κ2) is 7.25. The lowest BCUT2D eigenvalue weighted by Gasteiger charge is -2.29. The largest absolute Gasteiger partial charge is 0.360 e. The molecule has 2 unspecified atom stereocenters. The molecule has 2 heterocycles. The quantitative estimate of drug-likeness (QED) is 0.881. The van der Waals surface area contributed by atoms with Gasteiger partial charge in [0.15, 0.2) is 0 Å². The van der Waals surface area contributed by atoms with Crippen LogP contribution < -0.4 is 10.6 Å². The summed E-state index contributed by atoms with van der Waals surface area (Å²) >= 11 is 1.68. The van der Waals surface area contributed by atoms with Crippen LogP contribution in [0.25, 0.3) is 10.2 Å². The normalized spacial score (nSPS) is 21.3. The van der Waals surface area contributed by atoms with Gasteiger partial charge in [0, 0.05) is 10.9 Å². The van der Waals surface area contributed by atoms with E-state index in [0.29, 0.717) is 12.0 Å². The van der Waals surface area contributed by atoms with Crippen LogP contribution in [0.5, 0.6) is 0 Å². The summed E-state index contributed by atoms with van der Waals surface area (Å²) in [7, 11) is 0. The Kier molecular flexibility index (Phi) is 5.10. The van der Waals surface area contributed by atoms with E-state index in [1.165, 1.54) is 24.1 Å². The molecule has 0 aliphatic heterocycles. The molecule has 2 atom stereocenters. The molecule has 0 bridgehead atoms. The molecule has 1 aliphatic carbocycles. The van der Waals surface area contributed by atoms with Crippen molar-refractivity contribution < 1.29 is 4.79 Å². The molecule has 2 N–H and O–H groups in total. The topological polar surface area (TPSA) is 66.9 Å². The molecule has 0 radical (unpaired) electrons. The van der Waals surface area contributed by atoms with Gasteiger partial charge in [-0.1, -0.05) is 26.7 Å². The number of hydrogen-bond donors (Lipinski definition) is 2. The molecule has 2 aromatic heterocycles. The number of aromatic nitrogens is 2.